The van der Waals surface area contributed by atoms with Crippen LogP contribution in [0.3, 0.4) is 0 Å². The van der Waals surface area contributed by atoms with Crippen LogP contribution in [0, 0.1) is 0 Å². The number of hydrogen-bond acceptors (Lipinski definition) is 14. The van der Waals surface area contributed by atoms with Gasteiger partial charge in [-0.2, -0.15) is 0 Å². The van der Waals surface area contributed by atoms with Gasteiger partial charge in [0.1, 0.15) is 71.7 Å². The molecular formula is C27H29O14-. The zero-order valence-corrected chi connectivity index (χ0v) is 21.5. The lowest BCUT2D eigenvalue weighted by atomic mass is 9.89. The first-order chi connectivity index (χ1) is 19.4. The average molecular weight is 578 g/mol. The Morgan fingerprint density at radius 2 is 1.59 bits per heavy atom. The normalized spacial score (nSPS) is 34.1. The maximum Gasteiger partial charge on any atom is 0.192 e. The Balaban J connectivity index is 1.59. The Labute approximate surface area is 231 Å². The van der Waals surface area contributed by atoms with Crippen molar-refractivity contribution >= 4 is 11.0 Å². The topological polar surface area (TPSA) is 243 Å². The van der Waals surface area contributed by atoms with Crippen molar-refractivity contribution in [1.29, 1.82) is 0 Å². The fourth-order valence-corrected chi connectivity index (χ4v) is 5.09. The number of phenols is 2. The number of phenolic OH excluding ortho intramolecular Hbond substituents is 2. The van der Waals surface area contributed by atoms with Gasteiger partial charge in [-0.05, 0) is 31.2 Å². The molecule has 2 aromatic carbocycles. The summed E-state index contributed by atoms with van der Waals surface area (Å²) >= 11 is 0. The second-order valence-electron chi connectivity index (χ2n) is 10.1. The number of aliphatic hydroxyl groups is 6. The molecule has 222 valence electrons. The van der Waals surface area contributed by atoms with Crippen molar-refractivity contribution in [3.63, 3.8) is 0 Å². The summed E-state index contributed by atoms with van der Waals surface area (Å²) in [6.45, 7) is 0.571. The van der Waals surface area contributed by atoms with Crippen molar-refractivity contribution in [2.24, 2.45) is 0 Å². The van der Waals surface area contributed by atoms with Crippen molar-refractivity contribution in [1.82, 2.24) is 0 Å². The van der Waals surface area contributed by atoms with E-state index in [1.54, 1.807) is 0 Å². The predicted octanol–water partition coefficient (Wildman–Crippen LogP) is -1.69. The molecule has 3 heterocycles. The Hall–Kier alpha value is -3.31. The summed E-state index contributed by atoms with van der Waals surface area (Å²) in [7, 11) is 0. The lowest BCUT2D eigenvalue weighted by Crippen LogP contribution is -2.61. The molecule has 2 aliphatic rings. The number of fused-ring (bicyclic) bond motifs is 1. The molecular weight excluding hydrogens is 548 g/mol. The zero-order chi connectivity index (χ0) is 29.7. The van der Waals surface area contributed by atoms with Gasteiger partial charge in [0, 0.05) is 23.3 Å². The number of aromatic hydroxyl groups is 2. The highest BCUT2D eigenvalue weighted by Crippen LogP contribution is 2.45. The van der Waals surface area contributed by atoms with Crippen LogP contribution in [-0.2, 0) is 14.2 Å². The predicted molar refractivity (Wildman–Crippen MR) is 135 cm³/mol. The molecule has 0 unspecified atom stereocenters. The van der Waals surface area contributed by atoms with E-state index in [1.807, 2.05) is 0 Å². The Kier molecular flexibility index (Phi) is 7.95. The highest BCUT2D eigenvalue weighted by molar-refractivity contribution is 5.87. The highest BCUT2D eigenvalue weighted by Gasteiger charge is 2.51. The van der Waals surface area contributed by atoms with Gasteiger partial charge >= 0.3 is 0 Å². The molecule has 14 nitrogen and oxygen atoms in total. The van der Waals surface area contributed by atoms with Crippen LogP contribution in [-0.4, -0.2) is 103 Å². The second kappa shape index (κ2) is 11.2. The fraction of sp³-hybridized carbons (Fsp3) is 0.444. The molecule has 5 rings (SSSR count). The molecule has 0 saturated carbocycles. The van der Waals surface area contributed by atoms with E-state index in [0.29, 0.717) is 5.56 Å². The summed E-state index contributed by atoms with van der Waals surface area (Å²) in [5.74, 6) is -1.77. The minimum Gasteiger partial charge on any atom is -0.872 e. The molecule has 2 fully saturated rings. The van der Waals surface area contributed by atoms with Gasteiger partial charge in [-0.25, -0.2) is 0 Å². The van der Waals surface area contributed by atoms with E-state index in [4.69, 9.17) is 18.6 Å². The summed E-state index contributed by atoms with van der Waals surface area (Å²) in [4.78, 5) is 13.1. The Morgan fingerprint density at radius 1 is 0.902 bits per heavy atom. The Morgan fingerprint density at radius 3 is 2.24 bits per heavy atom. The third-order valence-electron chi connectivity index (χ3n) is 7.39. The van der Waals surface area contributed by atoms with Crippen LogP contribution in [0.25, 0.3) is 22.3 Å². The number of aliphatic hydroxyl groups excluding tert-OH is 6. The molecule has 41 heavy (non-hydrogen) atoms. The molecule has 0 radical (unpaired) electrons. The van der Waals surface area contributed by atoms with Gasteiger partial charge in [0.2, 0.25) is 0 Å². The van der Waals surface area contributed by atoms with Crippen molar-refractivity contribution in [3.8, 4) is 28.6 Å². The van der Waals surface area contributed by atoms with Gasteiger partial charge in [0.05, 0.1) is 18.1 Å². The molecule has 10 atom stereocenters. The standard InChI is InChI=1S/C27H30O14/c1-9-19(32)22(35)24(37)27(38-9)41-26-23(36)20(33)16(8-28)40-25(26)18-13(31)7-15-17(21(18)34)12(30)6-14(39-15)10-2-4-11(29)5-3-10/h2-7,9,16,19-20,22-29,31-37H,8H2,1H3/p-1/t9-,16+,19-,20+,22+,23-,24+,25-,26+,27+/m0/s1. The molecule has 2 aliphatic heterocycles. The lowest BCUT2D eigenvalue weighted by molar-refractivity contribution is -0.339. The van der Waals surface area contributed by atoms with E-state index in [9.17, 15) is 50.8 Å². The van der Waals surface area contributed by atoms with Gasteiger partial charge in [0.15, 0.2) is 11.7 Å². The van der Waals surface area contributed by atoms with E-state index >= 15 is 0 Å². The summed E-state index contributed by atoms with van der Waals surface area (Å²) in [6, 6.07) is 7.71. The first kappa shape index (κ1) is 29.2. The number of benzene rings is 2. The van der Waals surface area contributed by atoms with Crippen molar-refractivity contribution in [2.45, 2.75) is 68.1 Å². The van der Waals surface area contributed by atoms with E-state index in [0.717, 1.165) is 12.1 Å². The van der Waals surface area contributed by atoms with E-state index in [2.05, 4.69) is 0 Å². The fourth-order valence-electron chi connectivity index (χ4n) is 5.09. The van der Waals surface area contributed by atoms with Crippen LogP contribution in [0.1, 0.15) is 18.6 Å². The third-order valence-corrected chi connectivity index (χ3v) is 7.39. The summed E-state index contributed by atoms with van der Waals surface area (Å²) in [5.41, 5.74) is -1.24. The first-order valence-corrected chi connectivity index (χ1v) is 12.7. The molecule has 1 aromatic heterocycles. The van der Waals surface area contributed by atoms with Gasteiger partial charge < -0.3 is 64.6 Å². The average Bonchev–Trinajstić information content (AvgIpc) is 2.93. The van der Waals surface area contributed by atoms with Gasteiger partial charge in [0.25, 0.3) is 0 Å². The van der Waals surface area contributed by atoms with Crippen molar-refractivity contribution < 1.29 is 64.6 Å². The van der Waals surface area contributed by atoms with Crippen LogP contribution in [0.5, 0.6) is 17.2 Å². The molecule has 8 N–H and O–H groups in total. The van der Waals surface area contributed by atoms with Gasteiger partial charge in [-0.1, -0.05) is 5.75 Å². The maximum absolute atomic E-state index is 13.6. The smallest absolute Gasteiger partial charge is 0.192 e. The van der Waals surface area contributed by atoms with Crippen molar-refractivity contribution in [3.05, 3.63) is 52.2 Å². The lowest BCUT2D eigenvalue weighted by Gasteiger charge is -2.46. The summed E-state index contributed by atoms with van der Waals surface area (Å²) < 4.78 is 22.5. The molecule has 0 bridgehead atoms. The van der Waals surface area contributed by atoms with Gasteiger partial charge in [-0.3, -0.25) is 4.79 Å². The monoisotopic (exact) mass is 577 g/mol. The van der Waals surface area contributed by atoms with Crippen LogP contribution < -0.4 is 10.5 Å². The number of rotatable bonds is 5. The van der Waals surface area contributed by atoms with E-state index in [1.165, 1.54) is 31.2 Å². The molecule has 0 aliphatic carbocycles. The largest absolute Gasteiger partial charge is 0.872 e. The van der Waals surface area contributed by atoms with Crippen LogP contribution in [0.4, 0.5) is 0 Å². The minimum absolute atomic E-state index is 0.0231. The van der Waals surface area contributed by atoms with Crippen LogP contribution >= 0.6 is 0 Å². The Bertz CT molecular complexity index is 1460. The maximum atomic E-state index is 13.6. The molecule has 2 saturated heterocycles. The van der Waals surface area contributed by atoms with Crippen LogP contribution in [0.15, 0.2) is 45.6 Å². The van der Waals surface area contributed by atoms with Crippen LogP contribution in [0.2, 0.25) is 0 Å². The third kappa shape index (κ3) is 5.14. The van der Waals surface area contributed by atoms with E-state index < -0.39 is 95.7 Å². The molecule has 14 heteroatoms. The molecule has 0 spiro atoms. The SMILES string of the molecule is C[C@@H]1O[C@H](O[C@@H]2[C@@H](O)[C@H](O)[C@@H](CO)O[C@H]2c2c(O)cc3oc(-c4ccc(O)cc4)cc(=O)c3c2[O-])[C@H](O)[C@H](O)[C@H]1O. The van der Waals surface area contributed by atoms with E-state index in [-0.39, 0.29) is 17.1 Å². The summed E-state index contributed by atoms with van der Waals surface area (Å²) in [6.07, 6.45) is -16.3. The van der Waals surface area contributed by atoms with Crippen molar-refractivity contribution in [2.75, 3.05) is 6.61 Å². The molecule has 3 aromatic rings. The highest BCUT2D eigenvalue weighted by atomic mass is 16.7. The minimum atomic E-state index is -1.89. The zero-order valence-electron chi connectivity index (χ0n) is 21.5. The number of ether oxygens (including phenoxy) is 3. The first-order valence-electron chi connectivity index (χ1n) is 12.7. The van der Waals surface area contributed by atoms with Gasteiger partial charge in [-0.15, -0.1) is 0 Å². The molecule has 0 amide bonds. The number of hydrogen-bond donors (Lipinski definition) is 8. The second-order valence-corrected chi connectivity index (χ2v) is 10.1. The quantitative estimate of drug-likeness (QED) is 0.169. The summed E-state index contributed by atoms with van der Waals surface area (Å²) in [5, 5.41) is 95.3.